The number of quaternary nitrogens is 1. The third-order valence-corrected chi connectivity index (χ3v) is 2.77. The summed E-state index contributed by atoms with van der Waals surface area (Å²) in [4.78, 5) is 3.96. The van der Waals surface area contributed by atoms with E-state index in [2.05, 4.69) is 4.98 Å². The van der Waals surface area contributed by atoms with Crippen LogP contribution in [0.25, 0.3) is 0 Å². The van der Waals surface area contributed by atoms with Crippen LogP contribution in [0.4, 0.5) is 0 Å². The monoisotopic (exact) mass is 228 g/mol. The topological polar surface area (TPSA) is 45.2 Å². The molecule has 15 heavy (non-hydrogen) atoms. The third kappa shape index (κ3) is 2.89. The van der Waals surface area contributed by atoms with Gasteiger partial charge in [-0.1, -0.05) is 11.6 Å². The van der Waals surface area contributed by atoms with E-state index in [1.165, 1.54) is 0 Å². The second kappa shape index (κ2) is 4.45. The van der Waals surface area contributed by atoms with E-state index < -0.39 is 0 Å². The molecular formula is C10H13ClN2O2. The molecule has 1 fully saturated rings. The van der Waals surface area contributed by atoms with E-state index in [9.17, 15) is 5.21 Å². The van der Waals surface area contributed by atoms with Crippen molar-refractivity contribution < 1.29 is 9.38 Å². The highest BCUT2D eigenvalue weighted by Gasteiger charge is 2.21. The van der Waals surface area contributed by atoms with Gasteiger partial charge in [-0.15, -0.1) is 0 Å². The second-order valence-corrected chi connectivity index (χ2v) is 4.15. The van der Waals surface area contributed by atoms with Crippen LogP contribution in [-0.4, -0.2) is 35.9 Å². The van der Waals surface area contributed by atoms with Crippen molar-refractivity contribution in [3.8, 4) is 0 Å². The maximum atomic E-state index is 12.2. The Balaban J connectivity index is 2.03. The minimum Gasteiger partial charge on any atom is -0.632 e. The van der Waals surface area contributed by atoms with E-state index in [4.69, 9.17) is 16.3 Å². The fourth-order valence-corrected chi connectivity index (χ4v) is 1.78. The lowest BCUT2D eigenvalue weighted by atomic mass is 10.2. The molecule has 2 heterocycles. The number of pyridine rings is 1. The number of hydrogen-bond donors (Lipinski definition) is 0. The minimum atomic E-state index is -0.219. The number of hydrogen-bond acceptors (Lipinski definition) is 3. The lowest BCUT2D eigenvalue weighted by Crippen LogP contribution is -2.49. The average molecular weight is 229 g/mol. The Kier molecular flexibility index (Phi) is 3.21. The highest BCUT2D eigenvalue weighted by Crippen LogP contribution is 2.16. The summed E-state index contributed by atoms with van der Waals surface area (Å²) in [5.74, 6) is 0. The maximum absolute atomic E-state index is 12.2. The Morgan fingerprint density at radius 1 is 1.40 bits per heavy atom. The van der Waals surface area contributed by atoms with Crippen LogP contribution < -0.4 is 0 Å². The van der Waals surface area contributed by atoms with Crippen LogP contribution in [-0.2, 0) is 11.3 Å². The van der Waals surface area contributed by atoms with E-state index in [0.29, 0.717) is 38.0 Å². The molecule has 1 aliphatic rings. The fraction of sp³-hybridized carbons (Fsp3) is 0.500. The molecule has 1 aliphatic heterocycles. The summed E-state index contributed by atoms with van der Waals surface area (Å²) in [5.41, 5.74) is 0.927. The summed E-state index contributed by atoms with van der Waals surface area (Å²) in [5, 5.41) is 12.6. The molecule has 4 nitrogen and oxygen atoms in total. The normalized spacial score (nSPS) is 20.1. The number of nitrogens with zero attached hydrogens (tertiary/aromatic N) is 2. The van der Waals surface area contributed by atoms with Crippen molar-refractivity contribution in [3.63, 3.8) is 0 Å². The Bertz CT molecular complexity index is 323. The van der Waals surface area contributed by atoms with E-state index >= 15 is 0 Å². The first-order valence-electron chi connectivity index (χ1n) is 4.93. The molecule has 0 spiro atoms. The van der Waals surface area contributed by atoms with Crippen molar-refractivity contribution in [2.45, 2.75) is 6.54 Å². The van der Waals surface area contributed by atoms with Crippen LogP contribution in [0.5, 0.6) is 0 Å². The molecule has 0 saturated carbocycles. The molecule has 1 saturated heterocycles. The van der Waals surface area contributed by atoms with Crippen LogP contribution in [0.15, 0.2) is 18.3 Å². The van der Waals surface area contributed by atoms with Crippen molar-refractivity contribution in [1.29, 1.82) is 0 Å². The maximum Gasteiger partial charge on any atom is 0.129 e. The van der Waals surface area contributed by atoms with Crippen molar-refractivity contribution in [3.05, 3.63) is 34.3 Å². The van der Waals surface area contributed by atoms with Crippen molar-refractivity contribution in [1.82, 2.24) is 4.98 Å². The second-order valence-electron chi connectivity index (χ2n) is 3.76. The molecule has 0 aromatic carbocycles. The van der Waals surface area contributed by atoms with Crippen molar-refractivity contribution >= 4 is 11.6 Å². The van der Waals surface area contributed by atoms with Gasteiger partial charge >= 0.3 is 0 Å². The lowest BCUT2D eigenvalue weighted by Gasteiger charge is -2.45. The number of rotatable bonds is 2. The van der Waals surface area contributed by atoms with Gasteiger partial charge in [0.1, 0.15) is 24.8 Å². The van der Waals surface area contributed by atoms with E-state index in [0.717, 1.165) is 5.56 Å². The van der Waals surface area contributed by atoms with Crippen LogP contribution in [0.3, 0.4) is 0 Å². The molecular weight excluding hydrogens is 216 g/mol. The first kappa shape index (κ1) is 10.8. The molecule has 0 bridgehead atoms. The SMILES string of the molecule is [O-][N+]1(Cc2ccc(Cl)nc2)CCOCC1. The summed E-state index contributed by atoms with van der Waals surface area (Å²) in [7, 11) is 0. The number of ether oxygens (including phenoxy) is 1. The predicted molar refractivity (Wildman–Crippen MR) is 57.1 cm³/mol. The summed E-state index contributed by atoms with van der Waals surface area (Å²) in [6.07, 6.45) is 1.66. The van der Waals surface area contributed by atoms with Gasteiger partial charge in [-0.25, -0.2) is 4.98 Å². The highest BCUT2D eigenvalue weighted by atomic mass is 35.5. The zero-order valence-corrected chi connectivity index (χ0v) is 9.11. The summed E-state index contributed by atoms with van der Waals surface area (Å²) in [6, 6.07) is 3.56. The van der Waals surface area contributed by atoms with Gasteiger partial charge in [0, 0.05) is 11.8 Å². The molecule has 0 aliphatic carbocycles. The molecule has 5 heteroatoms. The Hall–Kier alpha value is -0.680. The van der Waals surface area contributed by atoms with Crippen LogP contribution in [0, 0.1) is 5.21 Å². The standard InChI is InChI=1S/C10H13ClN2O2/c11-10-2-1-9(7-12-10)8-13(14)3-5-15-6-4-13/h1-2,7H,3-6,8H2. The van der Waals surface area contributed by atoms with Crippen LogP contribution in [0.2, 0.25) is 5.15 Å². The van der Waals surface area contributed by atoms with Crippen molar-refractivity contribution in [2.24, 2.45) is 0 Å². The molecule has 0 radical (unpaired) electrons. The third-order valence-electron chi connectivity index (χ3n) is 2.55. The molecule has 0 N–H and O–H groups in total. The quantitative estimate of drug-likeness (QED) is 0.439. The first-order chi connectivity index (χ1) is 7.18. The summed E-state index contributed by atoms with van der Waals surface area (Å²) < 4.78 is 4.95. The van der Waals surface area contributed by atoms with Crippen LogP contribution in [0.1, 0.15) is 5.56 Å². The Morgan fingerprint density at radius 3 is 2.73 bits per heavy atom. The molecule has 1 aromatic rings. The number of aromatic nitrogens is 1. The number of morpholine rings is 1. The predicted octanol–water partition coefficient (Wildman–Crippen LogP) is 1.58. The minimum absolute atomic E-state index is 0.219. The van der Waals surface area contributed by atoms with E-state index in [-0.39, 0.29) is 4.65 Å². The molecule has 2 rings (SSSR count). The fourth-order valence-electron chi connectivity index (χ4n) is 1.67. The zero-order chi connectivity index (χ0) is 10.7. The van der Waals surface area contributed by atoms with E-state index in [1.54, 1.807) is 12.3 Å². The molecule has 0 atom stereocenters. The van der Waals surface area contributed by atoms with Gasteiger partial charge in [0.15, 0.2) is 0 Å². The Labute approximate surface area is 93.6 Å². The molecule has 82 valence electrons. The largest absolute Gasteiger partial charge is 0.632 e. The van der Waals surface area contributed by atoms with Crippen LogP contribution >= 0.6 is 11.6 Å². The van der Waals surface area contributed by atoms with Gasteiger partial charge in [-0.05, 0) is 12.1 Å². The molecule has 0 unspecified atom stereocenters. The first-order valence-corrected chi connectivity index (χ1v) is 5.31. The van der Waals surface area contributed by atoms with Gasteiger partial charge in [0.05, 0.1) is 13.2 Å². The smallest absolute Gasteiger partial charge is 0.129 e. The van der Waals surface area contributed by atoms with E-state index in [1.807, 2.05) is 6.07 Å². The van der Waals surface area contributed by atoms with Gasteiger partial charge < -0.3 is 14.6 Å². The summed E-state index contributed by atoms with van der Waals surface area (Å²) in [6.45, 7) is 2.58. The zero-order valence-electron chi connectivity index (χ0n) is 8.36. The van der Waals surface area contributed by atoms with Gasteiger partial charge in [-0.3, -0.25) is 0 Å². The summed E-state index contributed by atoms with van der Waals surface area (Å²) >= 11 is 5.67. The van der Waals surface area contributed by atoms with Gasteiger partial charge in [0.2, 0.25) is 0 Å². The lowest BCUT2D eigenvalue weighted by molar-refractivity contribution is -0.901. The Morgan fingerprint density at radius 2 is 2.13 bits per heavy atom. The van der Waals surface area contributed by atoms with Crippen molar-refractivity contribution in [2.75, 3.05) is 26.3 Å². The molecule has 1 aromatic heterocycles. The van der Waals surface area contributed by atoms with Gasteiger partial charge in [-0.2, -0.15) is 0 Å². The number of hydroxylamine groups is 3. The average Bonchev–Trinajstić information content (AvgIpc) is 2.22. The molecule has 0 amide bonds. The highest BCUT2D eigenvalue weighted by molar-refractivity contribution is 6.29. The number of halogens is 1. The van der Waals surface area contributed by atoms with Gasteiger partial charge in [0.25, 0.3) is 0 Å².